The lowest BCUT2D eigenvalue weighted by Gasteiger charge is -2.19. The van der Waals surface area contributed by atoms with Crippen LogP contribution in [0.2, 0.25) is 0 Å². The Hall–Kier alpha value is -15.9. The first kappa shape index (κ1) is 73.8. The first-order valence-electron chi connectivity index (χ1n) is 43.6. The van der Waals surface area contributed by atoms with Gasteiger partial charge >= 0.3 is 0 Å². The highest BCUT2D eigenvalue weighted by Crippen LogP contribution is 2.51. The number of benzene rings is 24. The summed E-state index contributed by atoms with van der Waals surface area (Å²) < 4.78 is 11.9. The SMILES string of the molecule is c1cc(-c2ccc3c(c2)oc2c4ccccc4ccc32)cc(-c2c3ccccc3c(-c3cccc4ccccc34)c3ccccc23)c1.c1ccc(-c2c3ccccc3c(-c3ccc4c(c3)sc3cc5ccccc5cc34)c3ccccc23)cc1.c1ccc(-c2c3ccccc3c(-c3cccc(-c4ccc5sc6c7ccccc7ccc6c5c4)c3)c3ccccc23)cc1. The highest BCUT2D eigenvalue weighted by Gasteiger charge is 2.24. The van der Waals surface area contributed by atoms with Gasteiger partial charge in [-0.15, -0.1) is 22.7 Å². The van der Waals surface area contributed by atoms with E-state index in [1.54, 1.807) is 0 Å². The van der Waals surface area contributed by atoms with E-state index in [2.05, 4.69) is 461 Å². The van der Waals surface area contributed by atoms with E-state index in [4.69, 9.17) is 4.42 Å². The number of hydrogen-bond acceptors (Lipinski definition) is 3. The zero-order valence-corrected chi connectivity index (χ0v) is 70.7. The zero-order valence-electron chi connectivity index (χ0n) is 69.1. The number of furan rings is 1. The molecular weight excluding hydrogens is 1570 g/mol. The van der Waals surface area contributed by atoms with Crippen molar-refractivity contribution >= 4 is 193 Å². The lowest BCUT2D eigenvalue weighted by molar-refractivity contribution is 0.673. The van der Waals surface area contributed by atoms with Crippen molar-refractivity contribution in [2.45, 2.75) is 0 Å². The van der Waals surface area contributed by atoms with Crippen molar-refractivity contribution in [2.75, 3.05) is 0 Å². The molecule has 0 N–H and O–H groups in total. The van der Waals surface area contributed by atoms with Crippen LogP contribution in [0, 0.1) is 0 Å². The molecule has 0 amide bonds. The molecule has 0 aliphatic heterocycles. The van der Waals surface area contributed by atoms with Gasteiger partial charge in [0.05, 0.1) is 0 Å². The smallest absolute Gasteiger partial charge is 0.143 e. The third-order valence-corrected chi connectivity index (χ3v) is 28.6. The summed E-state index contributed by atoms with van der Waals surface area (Å²) in [6, 6.07) is 168. The van der Waals surface area contributed by atoms with Crippen LogP contribution in [0.5, 0.6) is 0 Å². The lowest BCUT2D eigenvalue weighted by Crippen LogP contribution is -1.92. The normalized spacial score (nSPS) is 11.8. The second-order valence-corrected chi connectivity index (χ2v) is 35.5. The Bertz CT molecular complexity index is 8990. The van der Waals surface area contributed by atoms with E-state index >= 15 is 0 Å². The van der Waals surface area contributed by atoms with Crippen molar-refractivity contribution in [1.82, 2.24) is 0 Å². The highest BCUT2D eigenvalue weighted by molar-refractivity contribution is 7.27. The van der Waals surface area contributed by atoms with E-state index < -0.39 is 0 Å². The Morgan fingerprint density at radius 2 is 0.472 bits per heavy atom. The summed E-state index contributed by atoms with van der Waals surface area (Å²) in [6.07, 6.45) is 0. The average molecular weight is 1650 g/mol. The van der Waals surface area contributed by atoms with Gasteiger partial charge in [-0.1, -0.05) is 400 Å². The fourth-order valence-corrected chi connectivity index (χ4v) is 23.0. The maximum absolute atomic E-state index is 6.54. The van der Waals surface area contributed by atoms with Gasteiger partial charge in [0.2, 0.25) is 0 Å². The van der Waals surface area contributed by atoms with Gasteiger partial charge in [-0.05, 0) is 252 Å². The molecule has 27 rings (SSSR count). The van der Waals surface area contributed by atoms with Crippen LogP contribution in [-0.4, -0.2) is 0 Å². The summed E-state index contributed by atoms with van der Waals surface area (Å²) in [6.45, 7) is 0. The molecule has 0 saturated carbocycles. The molecule has 0 bridgehead atoms. The molecule has 3 heteroatoms. The predicted octanol–water partition coefficient (Wildman–Crippen LogP) is 36.6. The van der Waals surface area contributed by atoms with Crippen LogP contribution >= 0.6 is 22.7 Å². The molecule has 0 aliphatic carbocycles. The van der Waals surface area contributed by atoms with Gasteiger partial charge in [-0.3, -0.25) is 0 Å². The van der Waals surface area contributed by atoms with Crippen molar-refractivity contribution in [2.24, 2.45) is 0 Å². The Kier molecular flexibility index (Phi) is 17.8. The summed E-state index contributed by atoms with van der Waals surface area (Å²) >= 11 is 3.79. The van der Waals surface area contributed by atoms with Crippen LogP contribution in [0.25, 0.3) is 259 Å². The van der Waals surface area contributed by atoms with Crippen molar-refractivity contribution in [3.63, 3.8) is 0 Å². The van der Waals surface area contributed by atoms with Crippen molar-refractivity contribution in [3.8, 4) is 89.0 Å². The number of fused-ring (bicyclic) bond motifs is 21. The monoisotopic (exact) mass is 1640 g/mol. The lowest BCUT2D eigenvalue weighted by atomic mass is 9.84. The van der Waals surface area contributed by atoms with Gasteiger partial charge in [-0.25, -0.2) is 0 Å². The third-order valence-electron chi connectivity index (χ3n) is 26.3. The molecule has 24 aromatic carbocycles. The summed E-state index contributed by atoms with van der Waals surface area (Å²) in [5.74, 6) is 0. The molecule has 0 spiro atoms. The maximum Gasteiger partial charge on any atom is 0.143 e. The summed E-state index contributed by atoms with van der Waals surface area (Å²) in [7, 11) is 0. The quantitative estimate of drug-likeness (QED) is 0.138. The zero-order chi connectivity index (χ0) is 83.6. The summed E-state index contributed by atoms with van der Waals surface area (Å²) in [4.78, 5) is 0. The fraction of sp³-hybridized carbons (Fsp3) is 0. The van der Waals surface area contributed by atoms with Crippen LogP contribution in [-0.2, 0) is 0 Å². The molecule has 127 heavy (non-hydrogen) atoms. The van der Waals surface area contributed by atoms with E-state index in [1.165, 1.54) is 226 Å². The van der Waals surface area contributed by atoms with E-state index in [0.717, 1.165) is 32.9 Å². The Balaban J connectivity index is 0.000000104. The minimum atomic E-state index is 0.912. The minimum Gasteiger partial charge on any atom is -0.455 e. The predicted molar refractivity (Wildman–Crippen MR) is 551 cm³/mol. The summed E-state index contributed by atoms with van der Waals surface area (Å²) in [5.41, 5.74) is 21.9. The topological polar surface area (TPSA) is 13.1 Å². The van der Waals surface area contributed by atoms with Gasteiger partial charge in [0, 0.05) is 56.5 Å². The standard InChI is InChI=1S/C46H28O.C42H26S.C36H22S/c1-3-16-34-29(11-1)13-10-22-37(34)45-40-20-7-5-18-38(40)44(39-19-6-8-21-41(39)45)33-15-9-14-31(27-33)32-24-25-36-42-26-23-30-12-2-4-17-35(30)46(42)47-43(36)28-32;1-2-12-28(13-3-1)40-33-17-6-8-19-35(33)41(36-20-9-7-18-34(36)40)31-15-10-14-29(25-31)30-22-24-39-38(26-30)37-23-21-27-11-4-5-16-32(27)42(37)43-39;1-2-10-23(11-3-1)35-28-14-6-8-16-30(28)36(31-17-9-7-15-29(31)35)26-18-19-27-32-20-24-12-4-5-13-25(24)21-34(32)37-33(27)22-26/h1-28H;1-26H;1-22H. The van der Waals surface area contributed by atoms with Crippen molar-refractivity contribution in [1.29, 1.82) is 0 Å². The Labute approximate surface area is 741 Å². The van der Waals surface area contributed by atoms with E-state index in [9.17, 15) is 0 Å². The molecule has 0 fully saturated rings. The van der Waals surface area contributed by atoms with Gasteiger partial charge in [0.25, 0.3) is 0 Å². The second-order valence-electron chi connectivity index (χ2n) is 33.4. The molecule has 0 aliphatic rings. The van der Waals surface area contributed by atoms with E-state index in [-0.39, 0.29) is 0 Å². The van der Waals surface area contributed by atoms with E-state index in [1.807, 2.05) is 22.7 Å². The fourth-order valence-electron chi connectivity index (χ4n) is 20.6. The van der Waals surface area contributed by atoms with Gasteiger partial charge in [0.15, 0.2) is 0 Å². The average Bonchev–Trinajstić information content (AvgIpc) is 1.64. The number of thiophene rings is 2. The van der Waals surface area contributed by atoms with Crippen LogP contribution in [0.1, 0.15) is 0 Å². The first-order valence-corrected chi connectivity index (χ1v) is 45.3. The molecule has 0 unspecified atom stereocenters. The van der Waals surface area contributed by atoms with Crippen LogP contribution < -0.4 is 0 Å². The van der Waals surface area contributed by atoms with E-state index in [0.29, 0.717) is 0 Å². The van der Waals surface area contributed by atoms with Crippen LogP contribution in [0.15, 0.2) is 465 Å². The molecule has 590 valence electrons. The van der Waals surface area contributed by atoms with Gasteiger partial charge in [0.1, 0.15) is 11.2 Å². The molecule has 3 aromatic heterocycles. The number of hydrogen-bond donors (Lipinski definition) is 0. The minimum absolute atomic E-state index is 0.912. The van der Waals surface area contributed by atoms with Crippen LogP contribution in [0.3, 0.4) is 0 Å². The molecule has 0 radical (unpaired) electrons. The molecule has 1 nitrogen and oxygen atoms in total. The Morgan fingerprint density at radius 1 is 0.142 bits per heavy atom. The maximum atomic E-state index is 6.54. The highest BCUT2D eigenvalue weighted by atomic mass is 32.1. The first-order chi connectivity index (χ1) is 63.0. The Morgan fingerprint density at radius 3 is 1.00 bits per heavy atom. The second kappa shape index (κ2) is 30.6. The molecule has 0 saturated heterocycles. The molecule has 3 heterocycles. The largest absolute Gasteiger partial charge is 0.455 e. The third kappa shape index (κ3) is 12.5. The summed E-state index contributed by atoms with van der Waals surface area (Å²) in [5, 5.41) is 33.1. The molecule has 27 aromatic rings. The number of rotatable bonds is 8. The van der Waals surface area contributed by atoms with Crippen molar-refractivity contribution < 1.29 is 4.42 Å². The van der Waals surface area contributed by atoms with Gasteiger partial charge in [-0.2, -0.15) is 0 Å². The van der Waals surface area contributed by atoms with Gasteiger partial charge < -0.3 is 4.42 Å². The van der Waals surface area contributed by atoms with Crippen LogP contribution in [0.4, 0.5) is 0 Å². The molecule has 0 atom stereocenters. The van der Waals surface area contributed by atoms with Crippen molar-refractivity contribution in [3.05, 3.63) is 461 Å². The molecular formula is C124H76OS2.